The number of thiophene rings is 1. The molecule has 2 aliphatic rings. The SMILES string of the molecule is c1csc(-[n+]2c3cccc4oc5cccc6oc7cccc2c7c(c43)-c56)c1. The maximum absolute atomic E-state index is 6.29. The second kappa shape index (κ2) is 4.67. The number of rotatable bonds is 1. The Kier molecular flexibility index (Phi) is 2.38. The van der Waals surface area contributed by atoms with Crippen LogP contribution < -0.4 is 4.57 Å². The number of pyridine rings is 1. The molecule has 0 N–H and O–H groups in total. The fourth-order valence-corrected chi connectivity index (χ4v) is 5.14. The van der Waals surface area contributed by atoms with Crippen LogP contribution in [0.2, 0.25) is 0 Å². The molecular weight excluding hydrogens is 354 g/mol. The van der Waals surface area contributed by atoms with Crippen molar-refractivity contribution >= 4 is 55.5 Å². The van der Waals surface area contributed by atoms with Crippen LogP contribution in [0.4, 0.5) is 0 Å². The summed E-state index contributed by atoms with van der Waals surface area (Å²) in [6, 6.07) is 22.9. The Morgan fingerprint density at radius 1 is 0.593 bits per heavy atom. The van der Waals surface area contributed by atoms with E-state index in [2.05, 4.69) is 58.5 Å². The fourth-order valence-electron chi connectivity index (χ4n) is 4.39. The van der Waals surface area contributed by atoms with Crippen LogP contribution in [-0.2, 0) is 0 Å². The monoisotopic (exact) mass is 366 g/mol. The van der Waals surface area contributed by atoms with Crippen molar-refractivity contribution in [1.82, 2.24) is 0 Å². The maximum atomic E-state index is 6.29. The van der Waals surface area contributed by atoms with Gasteiger partial charge in [-0.2, -0.15) is 0 Å². The molecule has 2 aliphatic heterocycles. The third kappa shape index (κ3) is 1.60. The summed E-state index contributed by atoms with van der Waals surface area (Å²) in [5.74, 6) is 0. The molecule has 4 heteroatoms. The molecule has 27 heavy (non-hydrogen) atoms. The first kappa shape index (κ1) is 13.8. The molecule has 0 aliphatic carbocycles. The van der Waals surface area contributed by atoms with E-state index >= 15 is 0 Å². The topological polar surface area (TPSA) is 30.2 Å². The summed E-state index contributed by atoms with van der Waals surface area (Å²) in [5.41, 5.74) is 8.10. The number of nitrogens with zero attached hydrogens (tertiary/aromatic N) is 1. The van der Waals surface area contributed by atoms with Crippen molar-refractivity contribution < 1.29 is 13.4 Å². The Hall–Kier alpha value is -3.37. The van der Waals surface area contributed by atoms with Crippen molar-refractivity contribution in [2.75, 3.05) is 0 Å². The normalized spacial score (nSPS) is 12.4. The Balaban J connectivity index is 1.92. The zero-order valence-electron chi connectivity index (χ0n) is 14.1. The Bertz CT molecular complexity index is 1470. The molecule has 0 amide bonds. The molecule has 0 spiro atoms. The molecule has 0 unspecified atom stereocenters. The Morgan fingerprint density at radius 2 is 1.19 bits per heavy atom. The number of hydrogen-bond acceptors (Lipinski definition) is 3. The molecule has 3 nitrogen and oxygen atoms in total. The molecule has 0 saturated carbocycles. The summed E-state index contributed by atoms with van der Waals surface area (Å²) in [4.78, 5) is 0. The van der Waals surface area contributed by atoms with Gasteiger partial charge in [0.15, 0.2) is 0 Å². The minimum absolute atomic E-state index is 0.858. The van der Waals surface area contributed by atoms with E-state index in [1.54, 1.807) is 11.3 Å². The molecule has 5 aromatic rings. The van der Waals surface area contributed by atoms with Gasteiger partial charge in [0, 0.05) is 23.8 Å². The van der Waals surface area contributed by atoms with E-state index in [4.69, 9.17) is 8.83 Å². The fraction of sp³-hybridized carbons (Fsp3) is 0. The lowest BCUT2D eigenvalue weighted by Gasteiger charge is -2.18. The van der Waals surface area contributed by atoms with Gasteiger partial charge in [-0.05, 0) is 35.7 Å². The third-order valence-electron chi connectivity index (χ3n) is 5.39. The summed E-state index contributed by atoms with van der Waals surface area (Å²) in [6.07, 6.45) is 0. The average Bonchev–Trinajstić information content (AvgIpc) is 3.22. The van der Waals surface area contributed by atoms with E-state index < -0.39 is 0 Å². The van der Waals surface area contributed by atoms with Gasteiger partial charge >= 0.3 is 0 Å². The summed E-state index contributed by atoms with van der Waals surface area (Å²) >= 11 is 1.73. The maximum Gasteiger partial charge on any atom is 0.267 e. The zero-order valence-corrected chi connectivity index (χ0v) is 14.9. The van der Waals surface area contributed by atoms with Crippen molar-refractivity contribution in [2.45, 2.75) is 0 Å². The summed E-state index contributed by atoms with van der Waals surface area (Å²) in [7, 11) is 0. The van der Waals surface area contributed by atoms with E-state index in [-0.39, 0.29) is 0 Å². The summed E-state index contributed by atoms with van der Waals surface area (Å²) in [6.45, 7) is 0. The van der Waals surface area contributed by atoms with Crippen molar-refractivity contribution in [1.29, 1.82) is 0 Å². The number of benzene rings is 3. The molecule has 0 radical (unpaired) electrons. The highest BCUT2D eigenvalue weighted by atomic mass is 32.1. The molecule has 3 aromatic carbocycles. The highest BCUT2D eigenvalue weighted by molar-refractivity contribution is 7.12. The van der Waals surface area contributed by atoms with Crippen LogP contribution in [0.1, 0.15) is 0 Å². The average molecular weight is 366 g/mol. The molecule has 4 heterocycles. The molecular formula is C23H12NO2S+. The van der Waals surface area contributed by atoms with Crippen LogP contribution in [-0.4, -0.2) is 0 Å². The molecule has 0 fully saturated rings. The van der Waals surface area contributed by atoms with Crippen LogP contribution in [0, 0.1) is 0 Å². The van der Waals surface area contributed by atoms with E-state index in [1.807, 2.05) is 18.2 Å². The van der Waals surface area contributed by atoms with Gasteiger partial charge in [0.25, 0.3) is 5.00 Å². The van der Waals surface area contributed by atoms with Crippen LogP contribution in [0.25, 0.3) is 60.3 Å². The highest BCUT2D eigenvalue weighted by Crippen LogP contribution is 2.47. The van der Waals surface area contributed by atoms with Gasteiger partial charge in [0.2, 0.25) is 11.0 Å². The Labute approximate surface area is 157 Å². The largest absolute Gasteiger partial charge is 0.456 e. The van der Waals surface area contributed by atoms with Gasteiger partial charge in [-0.15, -0.1) is 4.57 Å². The quantitative estimate of drug-likeness (QED) is 0.192. The van der Waals surface area contributed by atoms with Crippen molar-refractivity contribution in [3.63, 3.8) is 0 Å². The molecule has 0 saturated heterocycles. The van der Waals surface area contributed by atoms with Crippen LogP contribution in [0.5, 0.6) is 0 Å². The first-order valence-electron chi connectivity index (χ1n) is 8.86. The second-order valence-electron chi connectivity index (χ2n) is 6.80. The first-order valence-corrected chi connectivity index (χ1v) is 9.74. The van der Waals surface area contributed by atoms with Crippen LogP contribution >= 0.6 is 11.3 Å². The van der Waals surface area contributed by atoms with E-state index in [0.717, 1.165) is 49.7 Å². The minimum Gasteiger partial charge on any atom is -0.456 e. The minimum atomic E-state index is 0.858. The standard InChI is InChI=1S/C23H12NO2S/c1-5-13-20-15(7-1)25-17-9-3-10-18-22(17)23(20)21-14(6-2-8-16(21)26-18)24(13)19-11-4-12-27-19/h1-12H/q+1. The summed E-state index contributed by atoms with van der Waals surface area (Å²) < 4.78 is 14.9. The van der Waals surface area contributed by atoms with E-state index in [9.17, 15) is 0 Å². The van der Waals surface area contributed by atoms with Crippen molar-refractivity contribution in [3.8, 4) is 16.1 Å². The van der Waals surface area contributed by atoms with E-state index in [0.29, 0.717) is 0 Å². The number of aromatic nitrogens is 1. The predicted molar refractivity (Wildman–Crippen MR) is 108 cm³/mol. The van der Waals surface area contributed by atoms with Crippen molar-refractivity contribution in [3.05, 3.63) is 72.1 Å². The van der Waals surface area contributed by atoms with Gasteiger partial charge in [0.05, 0.1) is 16.3 Å². The van der Waals surface area contributed by atoms with Gasteiger partial charge in [-0.25, -0.2) is 0 Å². The Morgan fingerprint density at radius 3 is 1.78 bits per heavy atom. The molecule has 126 valence electrons. The molecule has 2 aromatic heterocycles. The lowest BCUT2D eigenvalue weighted by Crippen LogP contribution is -2.32. The number of hydrogen-bond donors (Lipinski definition) is 0. The third-order valence-corrected chi connectivity index (χ3v) is 6.25. The smallest absolute Gasteiger partial charge is 0.267 e. The van der Waals surface area contributed by atoms with Gasteiger partial charge in [0.1, 0.15) is 22.3 Å². The lowest BCUT2D eigenvalue weighted by atomic mass is 9.92. The lowest BCUT2D eigenvalue weighted by molar-refractivity contribution is -0.533. The summed E-state index contributed by atoms with van der Waals surface area (Å²) in [5, 5.41) is 5.59. The van der Waals surface area contributed by atoms with E-state index in [1.165, 1.54) is 10.6 Å². The predicted octanol–water partition coefficient (Wildman–Crippen LogP) is 6.37. The first-order chi connectivity index (χ1) is 13.4. The van der Waals surface area contributed by atoms with Gasteiger partial charge < -0.3 is 8.83 Å². The highest BCUT2D eigenvalue weighted by Gasteiger charge is 2.31. The molecule has 7 rings (SSSR count). The van der Waals surface area contributed by atoms with Gasteiger partial charge in [-0.3, -0.25) is 0 Å². The van der Waals surface area contributed by atoms with Crippen molar-refractivity contribution in [2.24, 2.45) is 0 Å². The second-order valence-corrected chi connectivity index (χ2v) is 7.72. The van der Waals surface area contributed by atoms with Crippen LogP contribution in [0.15, 0.2) is 80.9 Å². The van der Waals surface area contributed by atoms with Gasteiger partial charge in [-0.1, -0.05) is 29.5 Å². The molecule has 0 atom stereocenters. The zero-order chi connectivity index (χ0) is 17.5. The van der Waals surface area contributed by atoms with Crippen LogP contribution in [0.3, 0.4) is 0 Å². The molecule has 0 bridgehead atoms.